The van der Waals surface area contributed by atoms with E-state index in [1.54, 1.807) is 43.4 Å². The number of nitrogens with one attached hydrogen (secondary N) is 1. The second-order valence-corrected chi connectivity index (χ2v) is 8.77. The standard InChI is InChI=1S/C26H33ClN2O5/c1-4-24(26(31)28-19-10-6-7-11-19)29(16-18-9-5-8-12-23(18)27)25(30)17-34-22-14-20(32-2)13-21(15-22)33-3/h5,8-9,12-15,19,24H,4,6-7,10-11,16-17H2,1-3H3,(H,28,31)/t24-/m1/s1. The van der Waals surface area contributed by atoms with Crippen LogP contribution < -0.4 is 19.5 Å². The predicted octanol–water partition coefficient (Wildman–Crippen LogP) is 4.60. The maximum Gasteiger partial charge on any atom is 0.261 e. The highest BCUT2D eigenvalue weighted by atomic mass is 35.5. The van der Waals surface area contributed by atoms with E-state index in [-0.39, 0.29) is 31.0 Å². The average Bonchev–Trinajstić information content (AvgIpc) is 3.36. The zero-order valence-electron chi connectivity index (χ0n) is 20.0. The highest BCUT2D eigenvalue weighted by molar-refractivity contribution is 6.31. The molecule has 34 heavy (non-hydrogen) atoms. The van der Waals surface area contributed by atoms with Gasteiger partial charge in [0.15, 0.2) is 6.61 Å². The molecule has 0 spiro atoms. The van der Waals surface area contributed by atoms with Gasteiger partial charge in [0.25, 0.3) is 5.91 Å². The lowest BCUT2D eigenvalue weighted by molar-refractivity contribution is -0.143. The molecule has 0 unspecified atom stereocenters. The maximum atomic E-state index is 13.4. The number of hydrogen-bond acceptors (Lipinski definition) is 5. The molecule has 0 heterocycles. The van der Waals surface area contributed by atoms with Crippen molar-refractivity contribution < 1.29 is 23.8 Å². The lowest BCUT2D eigenvalue weighted by atomic mass is 10.1. The molecule has 1 aliphatic rings. The van der Waals surface area contributed by atoms with E-state index in [1.165, 1.54) is 0 Å². The van der Waals surface area contributed by atoms with Gasteiger partial charge in [0, 0.05) is 35.8 Å². The van der Waals surface area contributed by atoms with Crippen molar-refractivity contribution in [2.24, 2.45) is 0 Å². The minimum atomic E-state index is -0.632. The second-order valence-electron chi connectivity index (χ2n) is 8.36. The van der Waals surface area contributed by atoms with Gasteiger partial charge < -0.3 is 24.4 Å². The van der Waals surface area contributed by atoms with Crippen molar-refractivity contribution in [2.75, 3.05) is 20.8 Å². The fourth-order valence-corrected chi connectivity index (χ4v) is 4.39. The summed E-state index contributed by atoms with van der Waals surface area (Å²) in [4.78, 5) is 28.1. The van der Waals surface area contributed by atoms with Crippen molar-refractivity contribution >= 4 is 23.4 Å². The molecule has 0 radical (unpaired) electrons. The number of benzene rings is 2. The Kier molecular flexibility index (Phi) is 9.45. The Morgan fingerprint density at radius 1 is 1.06 bits per heavy atom. The highest BCUT2D eigenvalue weighted by Crippen LogP contribution is 2.28. The number of amides is 2. The molecule has 1 N–H and O–H groups in total. The van der Waals surface area contributed by atoms with Gasteiger partial charge in [0.2, 0.25) is 5.91 Å². The van der Waals surface area contributed by atoms with Crippen molar-refractivity contribution in [3.8, 4) is 17.2 Å². The monoisotopic (exact) mass is 488 g/mol. The molecule has 2 aromatic rings. The first-order chi connectivity index (χ1) is 16.4. The third kappa shape index (κ3) is 6.79. The van der Waals surface area contributed by atoms with Gasteiger partial charge in [-0.2, -0.15) is 0 Å². The molecule has 0 bridgehead atoms. The summed E-state index contributed by atoms with van der Waals surface area (Å²) in [5, 5.41) is 3.68. The maximum absolute atomic E-state index is 13.4. The van der Waals surface area contributed by atoms with Crippen LogP contribution in [0.3, 0.4) is 0 Å². The Hall–Kier alpha value is -2.93. The van der Waals surface area contributed by atoms with Gasteiger partial charge in [-0.25, -0.2) is 0 Å². The zero-order valence-corrected chi connectivity index (χ0v) is 20.8. The molecule has 8 heteroatoms. The predicted molar refractivity (Wildman–Crippen MR) is 132 cm³/mol. The minimum absolute atomic E-state index is 0.141. The molecule has 0 aromatic heterocycles. The number of hydrogen-bond donors (Lipinski definition) is 1. The Morgan fingerprint density at radius 3 is 2.26 bits per heavy atom. The van der Waals surface area contributed by atoms with E-state index in [9.17, 15) is 9.59 Å². The summed E-state index contributed by atoms with van der Waals surface area (Å²) in [6, 6.07) is 11.9. The first-order valence-corrected chi connectivity index (χ1v) is 12.0. The second kappa shape index (κ2) is 12.5. The molecule has 3 rings (SSSR count). The number of ether oxygens (including phenoxy) is 3. The quantitative estimate of drug-likeness (QED) is 0.500. The molecular formula is C26H33ClN2O5. The third-order valence-electron chi connectivity index (χ3n) is 6.07. The minimum Gasteiger partial charge on any atom is -0.496 e. The molecule has 0 saturated heterocycles. The van der Waals surface area contributed by atoms with Crippen molar-refractivity contribution in [3.63, 3.8) is 0 Å². The largest absolute Gasteiger partial charge is 0.496 e. The summed E-state index contributed by atoms with van der Waals surface area (Å²) in [7, 11) is 3.09. The van der Waals surface area contributed by atoms with E-state index in [2.05, 4.69) is 5.32 Å². The van der Waals surface area contributed by atoms with Gasteiger partial charge in [-0.3, -0.25) is 9.59 Å². The van der Waals surface area contributed by atoms with Crippen LogP contribution in [-0.4, -0.2) is 49.6 Å². The Morgan fingerprint density at radius 2 is 1.68 bits per heavy atom. The summed E-state index contributed by atoms with van der Waals surface area (Å²) in [6.45, 7) is 1.87. The number of nitrogens with zero attached hydrogens (tertiary/aromatic N) is 1. The summed E-state index contributed by atoms with van der Waals surface area (Å²) in [5.74, 6) is 1.09. The van der Waals surface area contributed by atoms with Crippen LogP contribution in [0.5, 0.6) is 17.2 Å². The van der Waals surface area contributed by atoms with Crippen LogP contribution in [0, 0.1) is 0 Å². The summed E-state index contributed by atoms with van der Waals surface area (Å²) in [6.07, 6.45) is 4.65. The molecule has 0 aliphatic heterocycles. The average molecular weight is 489 g/mol. The molecule has 1 aliphatic carbocycles. The van der Waals surface area contributed by atoms with E-state index in [0.29, 0.717) is 28.7 Å². The fourth-order valence-electron chi connectivity index (χ4n) is 4.19. The Bertz CT molecular complexity index is 955. The van der Waals surface area contributed by atoms with Crippen LogP contribution in [0.25, 0.3) is 0 Å². The summed E-state index contributed by atoms with van der Waals surface area (Å²) >= 11 is 6.38. The molecule has 2 amide bonds. The molecular weight excluding hydrogens is 456 g/mol. The third-order valence-corrected chi connectivity index (χ3v) is 6.44. The van der Waals surface area contributed by atoms with Crippen LogP contribution in [0.1, 0.15) is 44.6 Å². The lowest BCUT2D eigenvalue weighted by Crippen LogP contribution is -2.52. The normalized spacial score (nSPS) is 14.4. The van der Waals surface area contributed by atoms with E-state index in [1.807, 2.05) is 25.1 Å². The zero-order chi connectivity index (χ0) is 24.5. The molecule has 184 valence electrons. The van der Waals surface area contributed by atoms with Crippen molar-refractivity contribution in [1.29, 1.82) is 0 Å². The molecule has 1 saturated carbocycles. The van der Waals surface area contributed by atoms with Crippen LogP contribution in [0.15, 0.2) is 42.5 Å². The first kappa shape index (κ1) is 25.7. The van der Waals surface area contributed by atoms with Gasteiger partial charge in [-0.05, 0) is 30.9 Å². The van der Waals surface area contributed by atoms with E-state index in [0.717, 1.165) is 31.2 Å². The number of rotatable bonds is 11. The smallest absolute Gasteiger partial charge is 0.261 e. The van der Waals surface area contributed by atoms with Crippen LogP contribution in [0.2, 0.25) is 5.02 Å². The van der Waals surface area contributed by atoms with E-state index in [4.69, 9.17) is 25.8 Å². The number of halogens is 1. The topological polar surface area (TPSA) is 77.1 Å². The first-order valence-electron chi connectivity index (χ1n) is 11.6. The van der Waals surface area contributed by atoms with Crippen molar-refractivity contribution in [1.82, 2.24) is 10.2 Å². The van der Waals surface area contributed by atoms with Gasteiger partial charge in [0.1, 0.15) is 23.3 Å². The van der Waals surface area contributed by atoms with Crippen LogP contribution in [0.4, 0.5) is 0 Å². The molecule has 1 fully saturated rings. The fraction of sp³-hybridized carbons (Fsp3) is 0.462. The van der Waals surface area contributed by atoms with Crippen molar-refractivity contribution in [3.05, 3.63) is 53.1 Å². The Labute approximate surface area is 206 Å². The SMILES string of the molecule is CC[C@H](C(=O)NC1CCCC1)N(Cc1ccccc1Cl)C(=O)COc1cc(OC)cc(OC)c1. The van der Waals surface area contributed by atoms with E-state index < -0.39 is 6.04 Å². The number of methoxy groups -OCH3 is 2. The van der Waals surface area contributed by atoms with Gasteiger partial charge in [-0.1, -0.05) is 49.6 Å². The summed E-state index contributed by atoms with van der Waals surface area (Å²) in [5.41, 5.74) is 0.771. The molecule has 1 atom stereocenters. The van der Waals surface area contributed by atoms with Gasteiger partial charge >= 0.3 is 0 Å². The van der Waals surface area contributed by atoms with Crippen LogP contribution in [-0.2, 0) is 16.1 Å². The lowest BCUT2D eigenvalue weighted by Gasteiger charge is -2.31. The van der Waals surface area contributed by atoms with Crippen LogP contribution >= 0.6 is 11.6 Å². The van der Waals surface area contributed by atoms with E-state index >= 15 is 0 Å². The Balaban J connectivity index is 1.79. The van der Waals surface area contributed by atoms with Gasteiger partial charge in [-0.15, -0.1) is 0 Å². The number of carbonyl (C=O) groups is 2. The van der Waals surface area contributed by atoms with Crippen molar-refractivity contribution in [2.45, 2.75) is 57.7 Å². The number of carbonyl (C=O) groups excluding carboxylic acids is 2. The summed E-state index contributed by atoms with van der Waals surface area (Å²) < 4.78 is 16.3. The molecule has 2 aromatic carbocycles. The molecule has 7 nitrogen and oxygen atoms in total. The van der Waals surface area contributed by atoms with Gasteiger partial charge in [0.05, 0.1) is 14.2 Å². The highest BCUT2D eigenvalue weighted by Gasteiger charge is 2.31.